The maximum atomic E-state index is 3.84. The van der Waals surface area contributed by atoms with Crippen LogP contribution in [0.15, 0.2) is 73.2 Å². The molecule has 1 aromatic heterocycles. The van der Waals surface area contributed by atoms with Crippen molar-refractivity contribution in [3.63, 3.8) is 0 Å². The summed E-state index contributed by atoms with van der Waals surface area (Å²) in [6.07, 6.45) is 4.57. The second-order valence-corrected chi connectivity index (χ2v) is 5.97. The Morgan fingerprint density at radius 1 is 0.913 bits per heavy atom. The summed E-state index contributed by atoms with van der Waals surface area (Å²) in [5.74, 6) is 0.616. The first kappa shape index (κ1) is 17.1. The van der Waals surface area contributed by atoms with Crippen LogP contribution in [0.4, 0.5) is 0 Å². The lowest BCUT2D eigenvalue weighted by molar-refractivity contribution is 1.05. The number of nitrogens with one attached hydrogen (secondary N) is 1. The van der Waals surface area contributed by atoms with Gasteiger partial charge in [-0.05, 0) is 6.42 Å². The van der Waals surface area contributed by atoms with Crippen molar-refractivity contribution in [1.82, 2.24) is 9.97 Å². The van der Waals surface area contributed by atoms with Gasteiger partial charge in [0.1, 0.15) is 0 Å². The van der Waals surface area contributed by atoms with Gasteiger partial charge in [0.15, 0.2) is 0 Å². The number of H-pyrrole nitrogens is 1. The van der Waals surface area contributed by atoms with E-state index in [2.05, 4.69) is 91.4 Å². The maximum Gasteiger partial charge on any atom is 0.211 e. The predicted molar refractivity (Wildman–Crippen MR) is 101 cm³/mol. The highest BCUT2D eigenvalue weighted by atomic mass is 14.8. The highest BCUT2D eigenvalue weighted by molar-refractivity contribution is 6.86. The number of aromatic amines is 1. The number of rotatable bonds is 4. The smallest absolute Gasteiger partial charge is 0.211 e. The molecule has 0 bridgehead atoms. The van der Waals surface area contributed by atoms with Crippen molar-refractivity contribution >= 4 is 17.6 Å². The van der Waals surface area contributed by atoms with Gasteiger partial charge in [0.25, 0.3) is 0 Å². The fraction of sp³-hybridized carbons (Fsp3) is 0.250. The van der Waals surface area contributed by atoms with Crippen molar-refractivity contribution in [1.29, 1.82) is 0 Å². The third-order valence-electron chi connectivity index (χ3n) is 3.92. The summed E-state index contributed by atoms with van der Waals surface area (Å²) < 4.78 is 0. The highest BCUT2D eigenvalue weighted by Crippen LogP contribution is 2.08. The van der Waals surface area contributed by atoms with Gasteiger partial charge in [-0.15, -0.1) is 0 Å². The van der Waals surface area contributed by atoms with Crippen molar-refractivity contribution < 1.29 is 0 Å². The molecular formula is C20H25BN2. The maximum absolute atomic E-state index is 3.84. The van der Waals surface area contributed by atoms with Gasteiger partial charge < -0.3 is 4.98 Å². The summed E-state index contributed by atoms with van der Waals surface area (Å²) in [6.45, 7) is 7.16. The van der Waals surface area contributed by atoms with E-state index in [0.717, 1.165) is 6.42 Å². The summed E-state index contributed by atoms with van der Waals surface area (Å²) in [5, 5.41) is 0. The van der Waals surface area contributed by atoms with Crippen molar-refractivity contribution in [2.75, 3.05) is 0 Å². The van der Waals surface area contributed by atoms with Crippen LogP contribution < -0.4 is 10.9 Å². The monoisotopic (exact) mass is 304 g/mol. The number of imidazole rings is 1. The van der Waals surface area contributed by atoms with Gasteiger partial charge in [-0.3, -0.25) is 0 Å². The molecule has 0 fully saturated rings. The Morgan fingerprint density at radius 2 is 1.43 bits per heavy atom. The van der Waals surface area contributed by atoms with E-state index in [4.69, 9.17) is 0 Å². The number of hydrogen-bond acceptors (Lipinski definition) is 1. The van der Waals surface area contributed by atoms with Gasteiger partial charge >= 0.3 is 0 Å². The predicted octanol–water partition coefficient (Wildman–Crippen LogP) is 3.68. The van der Waals surface area contributed by atoms with Crippen molar-refractivity contribution in [3.05, 3.63) is 78.9 Å². The number of nitrogens with zero attached hydrogens (tertiary/aromatic N) is 1. The van der Waals surface area contributed by atoms with Gasteiger partial charge in [-0.2, -0.15) is 0 Å². The Labute approximate surface area is 140 Å². The summed E-state index contributed by atoms with van der Waals surface area (Å²) >= 11 is 0. The lowest BCUT2D eigenvalue weighted by Gasteiger charge is -2.18. The topological polar surface area (TPSA) is 28.7 Å². The fourth-order valence-corrected chi connectivity index (χ4v) is 2.76. The quantitative estimate of drug-likeness (QED) is 0.732. The molecule has 2 aromatic carbocycles. The number of aromatic nitrogens is 2. The molecule has 1 heterocycles. The van der Waals surface area contributed by atoms with Crippen LogP contribution in [-0.4, -0.2) is 16.7 Å². The second kappa shape index (κ2) is 8.99. The molecule has 118 valence electrons. The molecule has 0 aliphatic rings. The van der Waals surface area contributed by atoms with E-state index < -0.39 is 0 Å². The van der Waals surface area contributed by atoms with Gasteiger partial charge in [-0.1, -0.05) is 98.2 Å². The van der Waals surface area contributed by atoms with Crippen LogP contribution in [-0.2, 0) is 6.42 Å². The standard InChI is InChI=1S/C15H17B.C5H8N2/c1-13(2)16(14-9-5-3-6-10-14)15-11-7-4-8-12-15;1-2-5-3-6-4-7-5/h3-13H,1-2H3;3-4H,2H2,1H3,(H,6,7). The summed E-state index contributed by atoms with van der Waals surface area (Å²) in [7, 11) is 0. The SMILES string of the molecule is CC(C)B(c1ccccc1)c1ccccc1.CCc1cnc[nH]1. The van der Waals surface area contributed by atoms with E-state index in [0.29, 0.717) is 12.5 Å². The molecule has 0 aliphatic heterocycles. The zero-order valence-electron chi connectivity index (χ0n) is 14.2. The van der Waals surface area contributed by atoms with Gasteiger partial charge in [-0.25, -0.2) is 4.98 Å². The second-order valence-electron chi connectivity index (χ2n) is 5.97. The molecule has 0 saturated heterocycles. The third-order valence-corrected chi connectivity index (χ3v) is 3.92. The normalized spacial score (nSPS) is 10.1. The molecule has 1 N–H and O–H groups in total. The largest absolute Gasteiger partial charge is 0.349 e. The average Bonchev–Trinajstić information content (AvgIpc) is 3.11. The Bertz CT molecular complexity index is 609. The molecule has 0 atom stereocenters. The highest BCUT2D eigenvalue weighted by Gasteiger charge is 2.21. The number of benzene rings is 2. The van der Waals surface area contributed by atoms with Crippen LogP contribution >= 0.6 is 0 Å². The molecule has 0 unspecified atom stereocenters. The lowest BCUT2D eigenvalue weighted by atomic mass is 9.34. The van der Waals surface area contributed by atoms with Gasteiger partial charge in [0.05, 0.1) is 6.33 Å². The first-order valence-electron chi connectivity index (χ1n) is 8.29. The minimum absolute atomic E-state index is 0.502. The molecule has 0 radical (unpaired) electrons. The van der Waals surface area contributed by atoms with E-state index in [1.807, 2.05) is 6.20 Å². The van der Waals surface area contributed by atoms with Crippen LogP contribution in [0.1, 0.15) is 26.5 Å². The minimum Gasteiger partial charge on any atom is -0.349 e. The molecule has 23 heavy (non-hydrogen) atoms. The molecule has 3 aromatic rings. The number of aryl methyl sites for hydroxylation is 1. The first-order valence-corrected chi connectivity index (χ1v) is 8.29. The van der Waals surface area contributed by atoms with E-state index in [9.17, 15) is 0 Å². The van der Waals surface area contributed by atoms with E-state index in [-0.39, 0.29) is 0 Å². The molecule has 0 saturated carbocycles. The van der Waals surface area contributed by atoms with Crippen LogP contribution in [0.2, 0.25) is 5.82 Å². The van der Waals surface area contributed by atoms with Crippen molar-refractivity contribution in [2.45, 2.75) is 33.0 Å². The molecule has 3 heteroatoms. The number of hydrogen-bond donors (Lipinski definition) is 1. The molecule has 0 aliphatic carbocycles. The molecule has 3 rings (SSSR count). The van der Waals surface area contributed by atoms with Gasteiger partial charge in [0.2, 0.25) is 6.71 Å². The van der Waals surface area contributed by atoms with Crippen LogP contribution in [0.5, 0.6) is 0 Å². The van der Waals surface area contributed by atoms with E-state index in [1.165, 1.54) is 16.6 Å². The Balaban J connectivity index is 0.000000229. The molecule has 0 spiro atoms. The van der Waals surface area contributed by atoms with Gasteiger partial charge in [0, 0.05) is 11.9 Å². The fourth-order valence-electron chi connectivity index (χ4n) is 2.76. The van der Waals surface area contributed by atoms with E-state index >= 15 is 0 Å². The zero-order valence-corrected chi connectivity index (χ0v) is 14.2. The van der Waals surface area contributed by atoms with Crippen molar-refractivity contribution in [3.8, 4) is 0 Å². The van der Waals surface area contributed by atoms with Crippen LogP contribution in [0, 0.1) is 0 Å². The minimum atomic E-state index is 0.502. The zero-order chi connectivity index (χ0) is 16.5. The summed E-state index contributed by atoms with van der Waals surface area (Å²) in [5.41, 5.74) is 4.01. The lowest BCUT2D eigenvalue weighted by Crippen LogP contribution is -2.44. The molecular weight excluding hydrogens is 279 g/mol. The van der Waals surface area contributed by atoms with Crippen LogP contribution in [0.25, 0.3) is 0 Å². The summed E-state index contributed by atoms with van der Waals surface area (Å²) in [4.78, 5) is 6.81. The average molecular weight is 304 g/mol. The Kier molecular flexibility index (Phi) is 6.67. The Morgan fingerprint density at radius 3 is 1.74 bits per heavy atom. The molecule has 2 nitrogen and oxygen atoms in total. The summed E-state index contributed by atoms with van der Waals surface area (Å²) in [6, 6.07) is 21.5. The Hall–Kier alpha value is -2.29. The third kappa shape index (κ3) is 5.13. The molecule has 0 amide bonds. The van der Waals surface area contributed by atoms with Crippen molar-refractivity contribution in [2.24, 2.45) is 0 Å². The first-order chi connectivity index (χ1) is 11.2. The van der Waals surface area contributed by atoms with Crippen LogP contribution in [0.3, 0.4) is 0 Å². The van der Waals surface area contributed by atoms with E-state index in [1.54, 1.807) is 6.33 Å².